The molecule has 1 aromatic rings. The van der Waals surface area contributed by atoms with Crippen LogP contribution in [0.2, 0.25) is 0 Å². The summed E-state index contributed by atoms with van der Waals surface area (Å²) >= 11 is 0. The molecule has 0 aliphatic heterocycles. The van der Waals surface area contributed by atoms with Gasteiger partial charge in [-0.2, -0.15) is 0 Å². The van der Waals surface area contributed by atoms with Crippen molar-refractivity contribution in [1.29, 1.82) is 0 Å². The molecule has 0 unspecified atom stereocenters. The molecule has 0 spiro atoms. The maximum atomic E-state index is 12.0. The molecule has 5 heteroatoms. The maximum Gasteiger partial charge on any atom is 0.244 e. The fourth-order valence-corrected chi connectivity index (χ4v) is 2.66. The summed E-state index contributed by atoms with van der Waals surface area (Å²) in [6.07, 6.45) is 1.49. The molecule has 0 aliphatic rings. The van der Waals surface area contributed by atoms with Crippen LogP contribution in [0.5, 0.6) is 5.75 Å². The van der Waals surface area contributed by atoms with Gasteiger partial charge in [-0.15, -0.1) is 6.58 Å². The second-order valence-corrected chi connectivity index (χ2v) is 5.94. The van der Waals surface area contributed by atoms with Gasteiger partial charge >= 0.3 is 0 Å². The van der Waals surface area contributed by atoms with Crippen molar-refractivity contribution in [2.24, 2.45) is 0 Å². The van der Waals surface area contributed by atoms with Crippen molar-refractivity contribution >= 4 is 10.0 Å². The van der Waals surface area contributed by atoms with Crippen molar-refractivity contribution in [3.63, 3.8) is 0 Å². The largest absolute Gasteiger partial charge is 0.495 e. The summed E-state index contributed by atoms with van der Waals surface area (Å²) in [4.78, 5) is 0.149. The maximum absolute atomic E-state index is 12.0. The Hall–Kier alpha value is -1.33. The van der Waals surface area contributed by atoms with E-state index in [0.717, 1.165) is 5.56 Å². The highest BCUT2D eigenvalue weighted by Gasteiger charge is 2.19. The lowest BCUT2D eigenvalue weighted by atomic mass is 10.0. The Bertz CT molecular complexity index is 521. The van der Waals surface area contributed by atoms with Crippen molar-refractivity contribution < 1.29 is 13.2 Å². The highest BCUT2D eigenvalue weighted by Crippen LogP contribution is 2.27. The zero-order valence-electron chi connectivity index (χ0n) is 10.9. The fourth-order valence-electron chi connectivity index (χ4n) is 1.51. The second kappa shape index (κ2) is 6.02. The number of rotatable bonds is 6. The van der Waals surface area contributed by atoms with Crippen LogP contribution in [0.25, 0.3) is 0 Å². The molecular formula is C13H19NO3S. The number of benzene rings is 1. The van der Waals surface area contributed by atoms with Gasteiger partial charge in [-0.1, -0.05) is 26.0 Å². The van der Waals surface area contributed by atoms with Crippen molar-refractivity contribution in [2.75, 3.05) is 13.7 Å². The van der Waals surface area contributed by atoms with E-state index in [9.17, 15) is 8.42 Å². The predicted molar refractivity (Wildman–Crippen MR) is 72.5 cm³/mol. The van der Waals surface area contributed by atoms with Gasteiger partial charge in [0.15, 0.2) is 0 Å². The minimum atomic E-state index is -3.55. The van der Waals surface area contributed by atoms with E-state index in [1.165, 1.54) is 13.2 Å². The summed E-state index contributed by atoms with van der Waals surface area (Å²) in [5, 5.41) is 0. The van der Waals surface area contributed by atoms with Gasteiger partial charge in [0, 0.05) is 6.54 Å². The topological polar surface area (TPSA) is 55.4 Å². The number of hydrogen-bond acceptors (Lipinski definition) is 3. The van der Waals surface area contributed by atoms with E-state index >= 15 is 0 Å². The summed E-state index contributed by atoms with van der Waals surface area (Å²) in [6, 6.07) is 5.13. The van der Waals surface area contributed by atoms with E-state index in [-0.39, 0.29) is 11.4 Å². The highest BCUT2D eigenvalue weighted by atomic mass is 32.2. The Balaban J connectivity index is 3.20. The van der Waals surface area contributed by atoms with Crippen molar-refractivity contribution in [2.45, 2.75) is 24.7 Å². The van der Waals surface area contributed by atoms with Gasteiger partial charge in [-0.3, -0.25) is 0 Å². The standard InChI is InChI=1S/C13H19NO3S/c1-5-8-14-18(15,16)13-7-6-11(10(2)3)9-12(13)17-4/h5-7,9-10,14H,1,8H2,2-4H3. The lowest BCUT2D eigenvalue weighted by Gasteiger charge is -2.13. The molecule has 1 aromatic carbocycles. The Morgan fingerprint density at radius 1 is 1.44 bits per heavy atom. The number of nitrogens with one attached hydrogen (secondary N) is 1. The van der Waals surface area contributed by atoms with Crippen LogP contribution in [-0.2, 0) is 10.0 Å². The van der Waals surface area contributed by atoms with Crippen LogP contribution in [0.3, 0.4) is 0 Å². The van der Waals surface area contributed by atoms with Crippen LogP contribution >= 0.6 is 0 Å². The first-order chi connectivity index (χ1) is 8.42. The first-order valence-electron chi connectivity index (χ1n) is 5.71. The zero-order chi connectivity index (χ0) is 13.8. The van der Waals surface area contributed by atoms with Crippen molar-refractivity contribution in [3.8, 4) is 5.75 Å². The fraction of sp³-hybridized carbons (Fsp3) is 0.385. The molecule has 0 saturated heterocycles. The molecule has 18 heavy (non-hydrogen) atoms. The van der Waals surface area contributed by atoms with E-state index in [2.05, 4.69) is 11.3 Å². The summed E-state index contributed by atoms with van der Waals surface area (Å²) < 4.78 is 31.6. The van der Waals surface area contributed by atoms with Crippen molar-refractivity contribution in [1.82, 2.24) is 4.72 Å². The molecule has 0 fully saturated rings. The van der Waals surface area contributed by atoms with Gasteiger partial charge in [0.2, 0.25) is 10.0 Å². The van der Waals surface area contributed by atoms with E-state index < -0.39 is 10.0 Å². The molecule has 0 aliphatic carbocycles. The average Bonchev–Trinajstić information content (AvgIpc) is 2.35. The normalized spacial score (nSPS) is 11.6. The molecule has 0 radical (unpaired) electrons. The third kappa shape index (κ3) is 3.34. The SMILES string of the molecule is C=CCNS(=O)(=O)c1ccc(C(C)C)cc1OC. The van der Waals surface area contributed by atoms with E-state index in [1.54, 1.807) is 18.2 Å². The lowest BCUT2D eigenvalue weighted by molar-refractivity contribution is 0.401. The summed E-state index contributed by atoms with van der Waals surface area (Å²) in [5.41, 5.74) is 1.04. The first kappa shape index (κ1) is 14.7. The Morgan fingerprint density at radius 2 is 2.11 bits per heavy atom. The van der Waals surface area contributed by atoms with Crippen LogP contribution in [0.1, 0.15) is 25.3 Å². The molecule has 1 N–H and O–H groups in total. The molecule has 100 valence electrons. The van der Waals surface area contributed by atoms with Crippen LogP contribution in [-0.4, -0.2) is 22.1 Å². The first-order valence-corrected chi connectivity index (χ1v) is 7.19. The molecular weight excluding hydrogens is 250 g/mol. The number of ether oxygens (including phenoxy) is 1. The minimum Gasteiger partial charge on any atom is -0.495 e. The molecule has 0 heterocycles. The molecule has 0 aromatic heterocycles. The van der Waals surface area contributed by atoms with Crippen LogP contribution in [0, 0.1) is 0 Å². The molecule has 0 bridgehead atoms. The van der Waals surface area contributed by atoms with E-state index in [0.29, 0.717) is 11.7 Å². The summed E-state index contributed by atoms with van der Waals surface area (Å²) in [7, 11) is -2.09. The Labute approximate surface area is 109 Å². The molecule has 0 saturated carbocycles. The van der Waals surface area contributed by atoms with Gasteiger partial charge in [-0.05, 0) is 23.6 Å². The third-order valence-corrected chi connectivity index (χ3v) is 4.02. The summed E-state index contributed by atoms with van der Waals surface area (Å²) in [6.45, 7) is 7.75. The average molecular weight is 269 g/mol. The summed E-state index contributed by atoms with van der Waals surface area (Å²) in [5.74, 6) is 0.676. The minimum absolute atomic E-state index is 0.149. The van der Waals surface area contributed by atoms with E-state index in [1.807, 2.05) is 13.8 Å². The monoisotopic (exact) mass is 269 g/mol. The van der Waals surface area contributed by atoms with Crippen LogP contribution in [0.15, 0.2) is 35.7 Å². The van der Waals surface area contributed by atoms with Gasteiger partial charge in [0.25, 0.3) is 0 Å². The van der Waals surface area contributed by atoms with E-state index in [4.69, 9.17) is 4.74 Å². The highest BCUT2D eigenvalue weighted by molar-refractivity contribution is 7.89. The van der Waals surface area contributed by atoms with Gasteiger partial charge in [-0.25, -0.2) is 13.1 Å². The molecule has 0 atom stereocenters. The van der Waals surface area contributed by atoms with Crippen LogP contribution < -0.4 is 9.46 Å². The Kier molecular flexibility index (Phi) is 4.93. The van der Waals surface area contributed by atoms with Gasteiger partial charge < -0.3 is 4.74 Å². The number of sulfonamides is 1. The Morgan fingerprint density at radius 3 is 2.61 bits per heavy atom. The third-order valence-electron chi connectivity index (χ3n) is 2.56. The molecule has 4 nitrogen and oxygen atoms in total. The van der Waals surface area contributed by atoms with Crippen molar-refractivity contribution in [3.05, 3.63) is 36.4 Å². The van der Waals surface area contributed by atoms with Gasteiger partial charge in [0.05, 0.1) is 7.11 Å². The zero-order valence-corrected chi connectivity index (χ0v) is 11.8. The second-order valence-electron chi connectivity index (χ2n) is 4.21. The van der Waals surface area contributed by atoms with Crippen LogP contribution in [0.4, 0.5) is 0 Å². The predicted octanol–water partition coefficient (Wildman–Crippen LogP) is 2.28. The lowest BCUT2D eigenvalue weighted by Crippen LogP contribution is -2.24. The quantitative estimate of drug-likeness (QED) is 0.806. The van der Waals surface area contributed by atoms with Gasteiger partial charge in [0.1, 0.15) is 10.6 Å². The smallest absolute Gasteiger partial charge is 0.244 e. The number of methoxy groups -OCH3 is 1. The molecule has 0 amide bonds. The number of hydrogen-bond donors (Lipinski definition) is 1. The molecule has 1 rings (SSSR count).